The Morgan fingerprint density at radius 3 is 2.53 bits per heavy atom. The number of hydrogen-bond donors (Lipinski definition) is 2. The average molecular weight is 279 g/mol. The van der Waals surface area contributed by atoms with Gasteiger partial charge in [-0.2, -0.15) is 0 Å². The zero-order valence-electron chi connectivity index (χ0n) is 10.3. The van der Waals surface area contributed by atoms with E-state index in [0.717, 1.165) is 25.9 Å². The Labute approximate surface area is 109 Å². The summed E-state index contributed by atoms with van der Waals surface area (Å²) in [6.45, 7) is 4.05. The van der Waals surface area contributed by atoms with Crippen LogP contribution in [0.15, 0.2) is 0 Å². The summed E-state index contributed by atoms with van der Waals surface area (Å²) in [5.74, 6) is 0.416. The minimum atomic E-state index is -3.40. The molecule has 0 bridgehead atoms. The van der Waals surface area contributed by atoms with Crippen LogP contribution in [0.2, 0.25) is 0 Å². The summed E-state index contributed by atoms with van der Waals surface area (Å²) in [6.07, 6.45) is 2.06. The summed E-state index contributed by atoms with van der Waals surface area (Å²) in [5, 5.41) is -0.802. The van der Waals surface area contributed by atoms with Crippen LogP contribution in [-0.2, 0) is 10.0 Å². The minimum Gasteiger partial charge on any atom is -0.392 e. The van der Waals surface area contributed by atoms with Crippen molar-refractivity contribution >= 4 is 27.2 Å². The van der Waals surface area contributed by atoms with Crippen LogP contribution < -0.4 is 10.5 Å². The molecule has 0 saturated carbocycles. The van der Waals surface area contributed by atoms with Crippen molar-refractivity contribution in [2.45, 2.75) is 25.0 Å². The molecule has 0 aromatic carbocycles. The first-order chi connectivity index (χ1) is 7.83. The maximum Gasteiger partial charge on any atom is 0.220 e. The Morgan fingerprint density at radius 1 is 1.53 bits per heavy atom. The van der Waals surface area contributed by atoms with E-state index >= 15 is 0 Å². The third-order valence-corrected chi connectivity index (χ3v) is 5.53. The molecule has 0 radical (unpaired) electrons. The van der Waals surface area contributed by atoms with Crippen LogP contribution in [0.3, 0.4) is 0 Å². The molecule has 17 heavy (non-hydrogen) atoms. The molecule has 0 aromatic rings. The molecule has 100 valence electrons. The first-order valence-corrected chi connectivity index (χ1v) is 7.74. The fraction of sp³-hybridized carbons (Fsp3) is 0.900. The molecule has 1 atom stereocenters. The van der Waals surface area contributed by atoms with E-state index in [1.807, 2.05) is 0 Å². The fourth-order valence-corrected chi connectivity index (χ4v) is 3.18. The molecule has 1 saturated heterocycles. The normalized spacial score (nSPS) is 21.3. The number of thiocarbonyl (C=S) groups is 1. The van der Waals surface area contributed by atoms with Gasteiger partial charge in [-0.15, -0.1) is 0 Å². The van der Waals surface area contributed by atoms with Crippen LogP contribution >= 0.6 is 12.2 Å². The molecule has 1 aliphatic heterocycles. The molecule has 1 fully saturated rings. The lowest BCUT2D eigenvalue weighted by molar-refractivity contribution is 0.220. The summed E-state index contributed by atoms with van der Waals surface area (Å²) in [4.78, 5) is 2.27. The van der Waals surface area contributed by atoms with Crippen molar-refractivity contribution in [3.63, 3.8) is 0 Å². The van der Waals surface area contributed by atoms with Gasteiger partial charge in [0, 0.05) is 6.54 Å². The largest absolute Gasteiger partial charge is 0.392 e. The van der Waals surface area contributed by atoms with E-state index in [-0.39, 0.29) is 4.99 Å². The average Bonchev–Trinajstić information content (AvgIpc) is 2.27. The molecule has 1 heterocycles. The van der Waals surface area contributed by atoms with Gasteiger partial charge in [0.1, 0.15) is 5.25 Å². The molecule has 0 aromatic heterocycles. The minimum absolute atomic E-state index is 0.0147. The number of nitrogens with zero attached hydrogens (tertiary/aromatic N) is 1. The molecular weight excluding hydrogens is 258 g/mol. The highest BCUT2D eigenvalue weighted by atomic mass is 32.2. The van der Waals surface area contributed by atoms with Crippen molar-refractivity contribution in [3.05, 3.63) is 0 Å². The highest BCUT2D eigenvalue weighted by Gasteiger charge is 2.25. The molecular formula is C10H21N3O2S2. The van der Waals surface area contributed by atoms with Crippen LogP contribution in [0.5, 0.6) is 0 Å². The summed E-state index contributed by atoms with van der Waals surface area (Å²) in [7, 11) is -1.32. The number of rotatable bonds is 5. The zero-order valence-corrected chi connectivity index (χ0v) is 12.0. The van der Waals surface area contributed by atoms with E-state index in [1.54, 1.807) is 0 Å². The number of hydrogen-bond acceptors (Lipinski definition) is 4. The van der Waals surface area contributed by atoms with E-state index in [9.17, 15) is 8.42 Å². The maximum atomic E-state index is 11.8. The number of sulfonamides is 1. The van der Waals surface area contributed by atoms with Crippen molar-refractivity contribution in [2.75, 3.05) is 26.7 Å². The number of piperidine rings is 1. The van der Waals surface area contributed by atoms with Crippen LogP contribution in [-0.4, -0.2) is 50.2 Å². The molecule has 1 unspecified atom stereocenters. The Balaban J connectivity index is 2.42. The van der Waals surface area contributed by atoms with Crippen LogP contribution in [0.25, 0.3) is 0 Å². The first kappa shape index (κ1) is 14.8. The lowest BCUT2D eigenvalue weighted by Crippen LogP contribution is -2.43. The topological polar surface area (TPSA) is 75.4 Å². The van der Waals surface area contributed by atoms with Gasteiger partial charge in [0.05, 0.1) is 4.99 Å². The third-order valence-electron chi connectivity index (χ3n) is 3.28. The van der Waals surface area contributed by atoms with Crippen molar-refractivity contribution in [1.82, 2.24) is 9.62 Å². The van der Waals surface area contributed by atoms with Gasteiger partial charge in [0.25, 0.3) is 0 Å². The second-order valence-corrected chi connectivity index (χ2v) is 7.24. The Bertz CT molecular complexity index is 362. The molecule has 0 aliphatic carbocycles. The Kier molecular flexibility index (Phi) is 5.30. The van der Waals surface area contributed by atoms with Crippen LogP contribution in [0.4, 0.5) is 0 Å². The number of nitrogens with one attached hydrogen (secondary N) is 1. The standard InChI is InChI=1S/C10H21N3O2S2/c1-8(10(11)16)17(14,15)12-7-9-3-5-13(2)6-4-9/h8-9,12H,3-7H2,1-2H3,(H2,11,16). The van der Waals surface area contributed by atoms with Gasteiger partial charge in [0.15, 0.2) is 0 Å². The highest BCUT2D eigenvalue weighted by Crippen LogP contribution is 2.15. The molecule has 0 amide bonds. The second kappa shape index (κ2) is 6.08. The smallest absolute Gasteiger partial charge is 0.220 e. The van der Waals surface area contributed by atoms with Crippen molar-refractivity contribution in [1.29, 1.82) is 0 Å². The Hall–Kier alpha value is -0.240. The van der Waals surface area contributed by atoms with Gasteiger partial charge in [-0.25, -0.2) is 13.1 Å². The van der Waals surface area contributed by atoms with Crippen molar-refractivity contribution in [3.8, 4) is 0 Å². The van der Waals surface area contributed by atoms with Gasteiger partial charge in [-0.1, -0.05) is 12.2 Å². The van der Waals surface area contributed by atoms with Crippen molar-refractivity contribution in [2.24, 2.45) is 11.7 Å². The SMILES string of the molecule is CC(C(N)=S)S(=O)(=O)NCC1CCN(C)CC1. The van der Waals surface area contributed by atoms with Gasteiger partial charge >= 0.3 is 0 Å². The zero-order chi connectivity index (χ0) is 13.1. The molecule has 1 aliphatic rings. The summed E-state index contributed by atoms with van der Waals surface area (Å²) < 4.78 is 26.2. The monoisotopic (exact) mass is 279 g/mol. The van der Waals surface area contributed by atoms with Gasteiger partial charge in [-0.05, 0) is 45.8 Å². The molecule has 1 rings (SSSR count). The van der Waals surface area contributed by atoms with E-state index in [1.165, 1.54) is 6.92 Å². The van der Waals surface area contributed by atoms with Crippen molar-refractivity contribution < 1.29 is 8.42 Å². The first-order valence-electron chi connectivity index (χ1n) is 5.79. The lowest BCUT2D eigenvalue weighted by Gasteiger charge is -2.29. The molecule has 5 nitrogen and oxygen atoms in total. The van der Waals surface area contributed by atoms with Gasteiger partial charge in [0.2, 0.25) is 10.0 Å². The second-order valence-electron chi connectivity index (χ2n) is 4.68. The predicted octanol–water partition coefficient (Wildman–Crippen LogP) is -0.0778. The summed E-state index contributed by atoms with van der Waals surface area (Å²) >= 11 is 4.70. The summed E-state index contributed by atoms with van der Waals surface area (Å²) in [5.41, 5.74) is 5.35. The van der Waals surface area contributed by atoms with E-state index in [2.05, 4.69) is 16.7 Å². The third kappa shape index (κ3) is 4.50. The predicted molar refractivity (Wildman–Crippen MR) is 73.4 cm³/mol. The Morgan fingerprint density at radius 2 is 2.06 bits per heavy atom. The van der Waals surface area contributed by atoms with Crippen LogP contribution in [0.1, 0.15) is 19.8 Å². The van der Waals surface area contributed by atoms with E-state index in [4.69, 9.17) is 18.0 Å². The quantitative estimate of drug-likeness (QED) is 0.689. The molecule has 3 N–H and O–H groups in total. The number of nitrogens with two attached hydrogens (primary N) is 1. The van der Waals surface area contributed by atoms with Gasteiger partial charge in [-0.3, -0.25) is 0 Å². The number of likely N-dealkylation sites (tertiary alicyclic amines) is 1. The van der Waals surface area contributed by atoms with E-state index in [0.29, 0.717) is 12.5 Å². The van der Waals surface area contributed by atoms with Crippen LogP contribution in [0, 0.1) is 5.92 Å². The van der Waals surface area contributed by atoms with Gasteiger partial charge < -0.3 is 10.6 Å². The highest BCUT2D eigenvalue weighted by molar-refractivity contribution is 7.93. The molecule has 7 heteroatoms. The fourth-order valence-electron chi connectivity index (χ4n) is 1.78. The van der Waals surface area contributed by atoms with E-state index < -0.39 is 15.3 Å². The molecule has 0 spiro atoms. The summed E-state index contributed by atoms with van der Waals surface area (Å²) in [6, 6.07) is 0. The maximum absolute atomic E-state index is 11.8. The lowest BCUT2D eigenvalue weighted by atomic mass is 9.98.